The number of hydrogen-bond donors (Lipinski definition) is 1. The molecule has 32 heavy (non-hydrogen) atoms. The highest BCUT2D eigenvalue weighted by Gasteiger charge is 2.18. The van der Waals surface area contributed by atoms with Crippen LogP contribution >= 0.6 is 0 Å². The lowest BCUT2D eigenvalue weighted by Gasteiger charge is -2.10. The summed E-state index contributed by atoms with van der Waals surface area (Å²) in [6.45, 7) is 0. The molecule has 0 bridgehead atoms. The number of aromatic nitrogens is 3. The van der Waals surface area contributed by atoms with Gasteiger partial charge in [0.05, 0.1) is 23.2 Å². The maximum atomic E-state index is 13.2. The monoisotopic (exact) mass is 448 g/mol. The van der Waals surface area contributed by atoms with Gasteiger partial charge in [0.2, 0.25) is 10.0 Å². The van der Waals surface area contributed by atoms with Gasteiger partial charge in [0.1, 0.15) is 5.82 Å². The third-order valence-electron chi connectivity index (χ3n) is 4.70. The van der Waals surface area contributed by atoms with E-state index in [0.717, 1.165) is 0 Å². The van der Waals surface area contributed by atoms with Crippen molar-refractivity contribution in [2.24, 2.45) is 0 Å². The zero-order chi connectivity index (χ0) is 22.7. The number of benzene rings is 2. The van der Waals surface area contributed by atoms with Crippen LogP contribution in [0.2, 0.25) is 0 Å². The molecule has 0 fully saturated rings. The fourth-order valence-corrected chi connectivity index (χ4v) is 4.17. The molecule has 0 saturated carbocycles. The van der Waals surface area contributed by atoms with Crippen LogP contribution < -0.4 is 4.72 Å². The van der Waals surface area contributed by atoms with Gasteiger partial charge in [-0.05, 0) is 42.5 Å². The summed E-state index contributed by atoms with van der Waals surface area (Å²) < 4.78 is 41.5. The number of terminal acetylenes is 1. The van der Waals surface area contributed by atoms with Crippen LogP contribution in [0.1, 0.15) is 22.3 Å². The first-order chi connectivity index (χ1) is 15.4. The highest BCUT2D eigenvalue weighted by molar-refractivity contribution is 7.92. The van der Waals surface area contributed by atoms with Gasteiger partial charge in [-0.1, -0.05) is 12.1 Å². The van der Waals surface area contributed by atoms with Gasteiger partial charge in [-0.25, -0.2) is 22.3 Å². The number of sulfonamides is 1. The van der Waals surface area contributed by atoms with E-state index < -0.39 is 15.8 Å². The molecule has 2 aromatic carbocycles. The molecule has 0 spiro atoms. The number of nitrogens with zero attached hydrogens (tertiary/aromatic N) is 3. The van der Waals surface area contributed by atoms with E-state index in [4.69, 9.17) is 6.42 Å². The Labute approximate surface area is 184 Å². The van der Waals surface area contributed by atoms with E-state index in [9.17, 15) is 17.6 Å². The maximum Gasteiger partial charge on any atom is 0.233 e. The average molecular weight is 448 g/mol. The molecule has 1 N–H and O–H groups in total. The summed E-state index contributed by atoms with van der Waals surface area (Å²) in [4.78, 5) is 17.2. The minimum atomic E-state index is -3.58. The number of carbonyl (C=O) groups excluding carboxylic acids is 1. The van der Waals surface area contributed by atoms with E-state index in [-0.39, 0.29) is 23.5 Å². The third-order valence-corrected chi connectivity index (χ3v) is 5.99. The number of fused-ring (bicyclic) bond motifs is 1. The van der Waals surface area contributed by atoms with E-state index in [1.165, 1.54) is 41.2 Å². The third kappa shape index (κ3) is 4.36. The van der Waals surface area contributed by atoms with Gasteiger partial charge in [-0.2, -0.15) is 5.10 Å². The molecule has 0 aliphatic heterocycles. The van der Waals surface area contributed by atoms with Crippen LogP contribution in [0.4, 0.5) is 10.1 Å². The Morgan fingerprint density at radius 1 is 1.16 bits per heavy atom. The first-order valence-electron chi connectivity index (χ1n) is 9.55. The van der Waals surface area contributed by atoms with Gasteiger partial charge in [-0.3, -0.25) is 9.52 Å². The SMILES string of the molecule is C#CCCS(=O)(=O)Nc1cccc(-c2ccnc3c(C(=O)c4ccc(F)cc4)cnn23)c1. The van der Waals surface area contributed by atoms with E-state index in [1.54, 1.807) is 30.3 Å². The smallest absolute Gasteiger partial charge is 0.233 e. The van der Waals surface area contributed by atoms with E-state index in [0.29, 0.717) is 28.2 Å². The number of anilines is 1. The Morgan fingerprint density at radius 3 is 2.69 bits per heavy atom. The molecule has 0 aliphatic rings. The van der Waals surface area contributed by atoms with Gasteiger partial charge in [-0.15, -0.1) is 12.3 Å². The summed E-state index contributed by atoms with van der Waals surface area (Å²) in [5.74, 6) is 1.36. The van der Waals surface area contributed by atoms with Crippen LogP contribution in [-0.2, 0) is 10.0 Å². The van der Waals surface area contributed by atoms with Gasteiger partial charge in [0.25, 0.3) is 0 Å². The van der Waals surface area contributed by atoms with Crippen molar-refractivity contribution in [2.45, 2.75) is 6.42 Å². The second kappa shape index (κ2) is 8.61. The minimum absolute atomic E-state index is 0.109. The first kappa shape index (κ1) is 21.2. The van der Waals surface area contributed by atoms with Crippen molar-refractivity contribution >= 4 is 27.1 Å². The predicted octanol–water partition coefficient (Wildman–Crippen LogP) is 3.53. The number of halogens is 1. The molecule has 0 saturated heterocycles. The number of nitrogens with one attached hydrogen (secondary N) is 1. The summed E-state index contributed by atoms with van der Waals surface area (Å²) in [5, 5.41) is 4.30. The Balaban J connectivity index is 1.70. The molecule has 0 aliphatic carbocycles. The number of rotatable bonds is 7. The lowest BCUT2D eigenvalue weighted by Crippen LogP contribution is -2.16. The lowest BCUT2D eigenvalue weighted by molar-refractivity contribution is 0.104. The van der Waals surface area contributed by atoms with Crippen LogP contribution in [0.25, 0.3) is 16.9 Å². The molecule has 0 unspecified atom stereocenters. The topological polar surface area (TPSA) is 93.4 Å². The number of hydrogen-bond acceptors (Lipinski definition) is 5. The molecule has 160 valence electrons. The van der Waals surface area contributed by atoms with Crippen LogP contribution in [0.15, 0.2) is 67.0 Å². The standard InChI is InChI=1S/C23H17FN4O3S/c1-2-3-13-32(30,31)27-19-6-4-5-17(14-19)21-11-12-25-23-20(15-26-28(21)23)22(29)16-7-9-18(24)10-8-16/h1,4-12,14-15,27H,3,13H2. The largest absolute Gasteiger partial charge is 0.288 e. The fourth-order valence-electron chi connectivity index (χ4n) is 3.19. The van der Waals surface area contributed by atoms with Gasteiger partial charge in [0.15, 0.2) is 11.4 Å². The Morgan fingerprint density at radius 2 is 1.94 bits per heavy atom. The second-order valence-electron chi connectivity index (χ2n) is 6.92. The molecule has 4 rings (SSSR count). The summed E-state index contributed by atoms with van der Waals surface area (Å²) in [7, 11) is -3.58. The van der Waals surface area contributed by atoms with Crippen LogP contribution in [0.5, 0.6) is 0 Å². The molecular weight excluding hydrogens is 431 g/mol. The zero-order valence-electron chi connectivity index (χ0n) is 16.7. The molecule has 4 aromatic rings. The summed E-state index contributed by atoms with van der Waals surface area (Å²) in [5.41, 5.74) is 2.56. The summed E-state index contributed by atoms with van der Waals surface area (Å²) in [6.07, 6.45) is 8.21. The highest BCUT2D eigenvalue weighted by atomic mass is 32.2. The van der Waals surface area contributed by atoms with Crippen molar-refractivity contribution in [1.82, 2.24) is 14.6 Å². The molecule has 0 radical (unpaired) electrons. The molecule has 2 heterocycles. The Bertz CT molecular complexity index is 1450. The van der Waals surface area contributed by atoms with Crippen LogP contribution in [0.3, 0.4) is 0 Å². The van der Waals surface area contributed by atoms with Gasteiger partial charge < -0.3 is 0 Å². The normalized spacial score (nSPS) is 11.2. The van der Waals surface area contributed by atoms with Crippen molar-refractivity contribution in [2.75, 3.05) is 10.5 Å². The molecule has 2 aromatic heterocycles. The fraction of sp³-hybridized carbons (Fsp3) is 0.0870. The molecule has 0 amide bonds. The number of carbonyl (C=O) groups is 1. The van der Waals surface area contributed by atoms with Crippen molar-refractivity contribution < 1.29 is 17.6 Å². The Kier molecular flexibility index (Phi) is 5.71. The summed E-state index contributed by atoms with van der Waals surface area (Å²) in [6, 6.07) is 13.7. The summed E-state index contributed by atoms with van der Waals surface area (Å²) >= 11 is 0. The average Bonchev–Trinajstić information content (AvgIpc) is 3.22. The molecule has 7 nitrogen and oxygen atoms in total. The zero-order valence-corrected chi connectivity index (χ0v) is 17.5. The van der Waals surface area contributed by atoms with Crippen molar-refractivity contribution in [3.63, 3.8) is 0 Å². The van der Waals surface area contributed by atoms with Crippen molar-refractivity contribution in [1.29, 1.82) is 0 Å². The number of ketones is 1. The minimum Gasteiger partial charge on any atom is -0.288 e. The Hall–Kier alpha value is -4.03. The van der Waals surface area contributed by atoms with Gasteiger partial charge >= 0.3 is 0 Å². The molecular formula is C23H17FN4O3S. The maximum absolute atomic E-state index is 13.2. The van der Waals surface area contributed by atoms with Crippen molar-refractivity contribution in [3.05, 3.63) is 83.9 Å². The van der Waals surface area contributed by atoms with Crippen molar-refractivity contribution in [3.8, 4) is 23.6 Å². The molecule has 0 atom stereocenters. The second-order valence-corrected chi connectivity index (χ2v) is 8.76. The quantitative estimate of drug-likeness (QED) is 0.345. The van der Waals surface area contributed by atoms with Crippen LogP contribution in [0, 0.1) is 18.2 Å². The predicted molar refractivity (Wildman–Crippen MR) is 119 cm³/mol. The molecule has 9 heteroatoms. The van der Waals surface area contributed by atoms with E-state index in [1.807, 2.05) is 0 Å². The van der Waals surface area contributed by atoms with E-state index in [2.05, 4.69) is 20.7 Å². The van der Waals surface area contributed by atoms with Crippen LogP contribution in [-0.4, -0.2) is 34.6 Å². The van der Waals surface area contributed by atoms with Gasteiger partial charge in [0, 0.05) is 29.4 Å². The highest BCUT2D eigenvalue weighted by Crippen LogP contribution is 2.25. The van der Waals surface area contributed by atoms with E-state index >= 15 is 0 Å². The first-order valence-corrected chi connectivity index (χ1v) is 11.2. The lowest BCUT2D eigenvalue weighted by atomic mass is 10.1.